The maximum absolute atomic E-state index is 14.2. The summed E-state index contributed by atoms with van der Waals surface area (Å²) in [6.45, 7) is 0.770. The second-order valence-corrected chi connectivity index (χ2v) is 6.42. The normalized spacial score (nSPS) is 44.2. The van der Waals surface area contributed by atoms with E-state index in [2.05, 4.69) is 15.3 Å². The molecule has 1 N–H and O–H groups in total. The van der Waals surface area contributed by atoms with Crippen molar-refractivity contribution in [2.45, 2.75) is 37.3 Å². The van der Waals surface area contributed by atoms with Gasteiger partial charge in [-0.1, -0.05) is 12.2 Å². The summed E-state index contributed by atoms with van der Waals surface area (Å²) in [6.07, 6.45) is 6.79. The highest BCUT2D eigenvalue weighted by Crippen LogP contribution is 2.42. The van der Waals surface area contributed by atoms with E-state index in [1.54, 1.807) is 18.5 Å². The van der Waals surface area contributed by atoms with E-state index in [4.69, 9.17) is 4.42 Å². The fourth-order valence-corrected chi connectivity index (χ4v) is 3.98. The van der Waals surface area contributed by atoms with E-state index in [0.717, 1.165) is 18.9 Å². The molecule has 7 unspecified atom stereocenters. The average molecular weight is 307 g/mol. The van der Waals surface area contributed by atoms with Crippen molar-refractivity contribution in [3.05, 3.63) is 30.5 Å². The van der Waals surface area contributed by atoms with E-state index in [1.165, 1.54) is 6.08 Å². The summed E-state index contributed by atoms with van der Waals surface area (Å²) in [6, 6.07) is 0. The van der Waals surface area contributed by atoms with Crippen molar-refractivity contribution in [3.8, 4) is 0 Å². The van der Waals surface area contributed by atoms with E-state index >= 15 is 0 Å². The molecule has 0 amide bonds. The fraction of sp³-hybridized carbons (Fsp3) is 0.625. The maximum atomic E-state index is 14.2. The predicted molar refractivity (Wildman–Crippen MR) is 78.2 cm³/mol. The summed E-state index contributed by atoms with van der Waals surface area (Å²) in [5.41, 5.74) is 0. The van der Waals surface area contributed by atoms with Crippen molar-refractivity contribution in [1.29, 1.82) is 0 Å². The van der Waals surface area contributed by atoms with Crippen LogP contribution in [0.25, 0.3) is 0 Å². The van der Waals surface area contributed by atoms with Crippen molar-refractivity contribution in [2.75, 3.05) is 6.54 Å². The van der Waals surface area contributed by atoms with E-state index in [-0.39, 0.29) is 36.3 Å². The number of alkyl halides is 2. The van der Waals surface area contributed by atoms with Crippen molar-refractivity contribution in [3.63, 3.8) is 0 Å². The molecule has 3 heterocycles. The van der Waals surface area contributed by atoms with Crippen molar-refractivity contribution in [2.24, 2.45) is 22.7 Å². The molecule has 1 aliphatic carbocycles. The lowest BCUT2D eigenvalue weighted by Crippen LogP contribution is -2.37. The van der Waals surface area contributed by atoms with Crippen LogP contribution in [0.4, 0.5) is 8.78 Å². The number of hydrogen-bond donors (Lipinski definition) is 1. The molecule has 1 aromatic heterocycles. The maximum Gasteiger partial charge on any atom is 0.198 e. The number of fused-ring (bicyclic) bond motifs is 1. The third-order valence-corrected chi connectivity index (χ3v) is 5.12. The number of nitrogens with zero attached hydrogens (tertiary/aromatic N) is 2. The second-order valence-electron chi connectivity index (χ2n) is 6.42. The molecule has 0 radical (unpaired) electrons. The first-order chi connectivity index (χ1) is 10.7. The Morgan fingerprint density at radius 2 is 2.14 bits per heavy atom. The zero-order valence-electron chi connectivity index (χ0n) is 12.1. The van der Waals surface area contributed by atoms with Gasteiger partial charge in [-0.25, -0.2) is 13.8 Å². The van der Waals surface area contributed by atoms with Crippen LogP contribution in [-0.2, 0) is 0 Å². The summed E-state index contributed by atoms with van der Waals surface area (Å²) in [5.74, 6) is 0.868. The molecule has 6 heteroatoms. The lowest BCUT2D eigenvalue weighted by Gasteiger charge is -2.34. The van der Waals surface area contributed by atoms with Crippen LogP contribution in [0, 0.1) is 17.8 Å². The van der Waals surface area contributed by atoms with Gasteiger partial charge in [0.25, 0.3) is 0 Å². The molecule has 1 aromatic rings. The first kappa shape index (κ1) is 14.1. The first-order valence-electron chi connectivity index (χ1n) is 7.85. The number of aliphatic imine (C=N–C) groups is 1. The Morgan fingerprint density at radius 3 is 2.91 bits per heavy atom. The number of hydrogen-bond acceptors (Lipinski definition) is 4. The van der Waals surface area contributed by atoms with E-state index in [9.17, 15) is 8.78 Å². The Balaban J connectivity index is 1.53. The van der Waals surface area contributed by atoms with Crippen molar-refractivity contribution < 1.29 is 13.2 Å². The molecule has 0 saturated carbocycles. The second kappa shape index (κ2) is 5.57. The Kier molecular flexibility index (Phi) is 3.56. The molecule has 118 valence electrons. The van der Waals surface area contributed by atoms with Crippen LogP contribution in [0.5, 0.6) is 0 Å². The Hall–Kier alpha value is -1.56. The van der Waals surface area contributed by atoms with Gasteiger partial charge in [-0.2, -0.15) is 0 Å². The zero-order chi connectivity index (χ0) is 15.1. The van der Waals surface area contributed by atoms with Crippen LogP contribution in [0.1, 0.15) is 24.7 Å². The van der Waals surface area contributed by atoms with Gasteiger partial charge in [-0.3, -0.25) is 10.3 Å². The lowest BCUT2D eigenvalue weighted by atomic mass is 9.74. The first-order valence-corrected chi connectivity index (χ1v) is 7.85. The summed E-state index contributed by atoms with van der Waals surface area (Å²) in [7, 11) is 0. The minimum atomic E-state index is -1.16. The highest BCUT2D eigenvalue weighted by molar-refractivity contribution is 5.63. The molecule has 0 spiro atoms. The molecule has 0 aromatic carbocycles. The quantitative estimate of drug-likeness (QED) is 0.855. The molecular weight excluding hydrogens is 288 g/mol. The topological polar surface area (TPSA) is 50.4 Å². The van der Waals surface area contributed by atoms with Gasteiger partial charge in [0, 0.05) is 36.9 Å². The van der Waals surface area contributed by atoms with Gasteiger partial charge in [0.05, 0.1) is 12.1 Å². The number of oxazole rings is 1. The molecule has 1 saturated heterocycles. The predicted octanol–water partition coefficient (Wildman–Crippen LogP) is 2.65. The number of halogens is 2. The van der Waals surface area contributed by atoms with Gasteiger partial charge in [0.1, 0.15) is 24.8 Å². The van der Waals surface area contributed by atoms with E-state index in [0.29, 0.717) is 0 Å². The fourth-order valence-electron chi connectivity index (χ4n) is 3.98. The average Bonchev–Trinajstić information content (AvgIpc) is 3.15. The Labute approximate surface area is 127 Å². The van der Waals surface area contributed by atoms with Gasteiger partial charge in [0.2, 0.25) is 0 Å². The third-order valence-electron chi connectivity index (χ3n) is 5.12. The number of rotatable bonds is 2. The molecule has 0 bridgehead atoms. The molecule has 4 rings (SSSR count). The minimum absolute atomic E-state index is 0.0114. The lowest BCUT2D eigenvalue weighted by molar-refractivity contribution is 0.153. The number of aromatic nitrogens is 1. The third kappa shape index (κ3) is 2.39. The number of allylic oxidation sites excluding steroid dienone is 2. The van der Waals surface area contributed by atoms with E-state index in [1.807, 2.05) is 6.21 Å². The standard InChI is InChI=1S/C16H19F2N3O/c17-10-1-2-11(14(18)6-10)9-5-12-13(16-19-3-4-22-16)8-21-15(12)20-7-9/h1-4,7,9-15,21H,5-6,8H2. The van der Waals surface area contributed by atoms with E-state index < -0.39 is 12.3 Å². The van der Waals surface area contributed by atoms with Crippen molar-refractivity contribution >= 4 is 6.21 Å². The SMILES string of the molecule is FC1C=CC(C2C=NC3NCC(c4ncco4)C3C2)C(F)C1. The smallest absolute Gasteiger partial charge is 0.198 e. The Morgan fingerprint density at radius 1 is 1.23 bits per heavy atom. The zero-order valence-corrected chi connectivity index (χ0v) is 12.1. The monoisotopic (exact) mass is 307 g/mol. The Bertz CT molecular complexity index is 574. The van der Waals surface area contributed by atoms with Crippen LogP contribution in [-0.4, -0.2) is 36.3 Å². The largest absolute Gasteiger partial charge is 0.449 e. The van der Waals surface area contributed by atoms with Gasteiger partial charge < -0.3 is 4.42 Å². The summed E-state index contributed by atoms with van der Waals surface area (Å²) >= 11 is 0. The van der Waals surface area contributed by atoms with Gasteiger partial charge in [-0.15, -0.1) is 0 Å². The highest BCUT2D eigenvalue weighted by Gasteiger charge is 2.44. The van der Waals surface area contributed by atoms with Crippen LogP contribution >= 0.6 is 0 Å². The molecule has 1 fully saturated rings. The van der Waals surface area contributed by atoms with Crippen LogP contribution in [0.3, 0.4) is 0 Å². The van der Waals surface area contributed by atoms with Crippen LogP contribution in [0.2, 0.25) is 0 Å². The summed E-state index contributed by atoms with van der Waals surface area (Å²) in [5, 5.41) is 3.37. The van der Waals surface area contributed by atoms with Crippen molar-refractivity contribution in [1.82, 2.24) is 10.3 Å². The summed E-state index contributed by atoms with van der Waals surface area (Å²) < 4.78 is 32.9. The molecule has 3 aliphatic rings. The molecule has 2 aliphatic heterocycles. The summed E-state index contributed by atoms with van der Waals surface area (Å²) in [4.78, 5) is 8.82. The van der Waals surface area contributed by atoms with Crippen LogP contribution < -0.4 is 5.32 Å². The van der Waals surface area contributed by atoms with Gasteiger partial charge in [0.15, 0.2) is 5.89 Å². The van der Waals surface area contributed by atoms with Crippen LogP contribution in [0.15, 0.2) is 34.0 Å². The minimum Gasteiger partial charge on any atom is -0.449 e. The molecule has 4 nitrogen and oxygen atoms in total. The molecular formula is C16H19F2N3O. The van der Waals surface area contributed by atoms with Gasteiger partial charge >= 0.3 is 0 Å². The number of nitrogens with one attached hydrogen (secondary N) is 1. The van der Waals surface area contributed by atoms with Gasteiger partial charge in [-0.05, 0) is 6.42 Å². The highest BCUT2D eigenvalue weighted by atomic mass is 19.1. The molecule has 22 heavy (non-hydrogen) atoms. The molecule has 7 atom stereocenters.